The van der Waals surface area contributed by atoms with Gasteiger partial charge >= 0.3 is 0 Å². The molecule has 5 rings (SSSR count). The lowest BCUT2D eigenvalue weighted by molar-refractivity contribution is 0.0677. The van der Waals surface area contributed by atoms with Gasteiger partial charge in [-0.2, -0.15) is 0 Å². The number of hydrogen-bond donors (Lipinski definition) is 0. The Balaban J connectivity index is 1.34. The number of amides is 1. The van der Waals surface area contributed by atoms with Crippen molar-refractivity contribution in [2.24, 2.45) is 0 Å². The van der Waals surface area contributed by atoms with E-state index in [0.717, 1.165) is 35.7 Å². The molecular weight excluding hydrogens is 390 g/mol. The molecule has 0 bridgehead atoms. The molecule has 1 amide bonds. The molecule has 1 unspecified atom stereocenters. The van der Waals surface area contributed by atoms with Gasteiger partial charge in [-0.15, -0.1) is 0 Å². The maximum absolute atomic E-state index is 13.3. The lowest BCUT2D eigenvalue weighted by Crippen LogP contribution is -2.38. The van der Waals surface area contributed by atoms with Crippen LogP contribution in [0.4, 0.5) is 0 Å². The van der Waals surface area contributed by atoms with Gasteiger partial charge in [0.2, 0.25) is 0 Å². The molecule has 0 aliphatic carbocycles. The van der Waals surface area contributed by atoms with E-state index in [1.54, 1.807) is 0 Å². The van der Waals surface area contributed by atoms with Gasteiger partial charge in [-0.1, -0.05) is 18.2 Å². The molecule has 2 aliphatic heterocycles. The number of para-hydroxylation sites is 1. The Morgan fingerprint density at radius 1 is 0.935 bits per heavy atom. The Morgan fingerprint density at radius 3 is 2.35 bits per heavy atom. The maximum atomic E-state index is 13.3. The molecule has 3 aromatic carbocycles. The Labute approximate surface area is 182 Å². The molecule has 0 spiro atoms. The minimum atomic E-state index is -0.0337. The van der Waals surface area contributed by atoms with E-state index in [4.69, 9.17) is 14.2 Å². The van der Waals surface area contributed by atoms with Crippen LogP contribution in [0.2, 0.25) is 0 Å². The average Bonchev–Trinajstić information content (AvgIpc) is 3.04. The number of carbonyl (C=O) groups excluding carboxylic acids is 1. The van der Waals surface area contributed by atoms with Crippen molar-refractivity contribution in [2.45, 2.75) is 25.8 Å². The van der Waals surface area contributed by atoms with Crippen LogP contribution in [-0.4, -0.2) is 30.6 Å². The monoisotopic (exact) mass is 415 g/mol. The van der Waals surface area contributed by atoms with Crippen LogP contribution in [0.15, 0.2) is 66.7 Å². The Hall–Kier alpha value is -3.47. The number of rotatable bonds is 3. The molecule has 158 valence electrons. The van der Waals surface area contributed by atoms with E-state index in [9.17, 15) is 4.79 Å². The fourth-order valence-corrected chi connectivity index (χ4v) is 4.21. The Kier molecular flexibility index (Phi) is 5.24. The Morgan fingerprint density at radius 2 is 1.61 bits per heavy atom. The van der Waals surface area contributed by atoms with Crippen LogP contribution in [-0.2, 0) is 6.42 Å². The van der Waals surface area contributed by atoms with Crippen molar-refractivity contribution >= 4 is 5.91 Å². The van der Waals surface area contributed by atoms with Gasteiger partial charge in [0.15, 0.2) is 11.5 Å². The second-order valence-corrected chi connectivity index (χ2v) is 7.91. The first-order chi connectivity index (χ1) is 15.2. The smallest absolute Gasteiger partial charge is 0.254 e. The standard InChI is InChI=1S/C26H25NO4/c1-18-23-17-25-24(29-14-5-15-30-25)16-20(23)12-13-27(18)26(28)19-8-10-22(11-9-19)31-21-6-3-2-4-7-21/h2-4,6-11,16-18H,5,12-15H2,1H3. The predicted octanol–water partition coefficient (Wildman–Crippen LogP) is 5.40. The zero-order valence-electron chi connectivity index (χ0n) is 17.5. The summed E-state index contributed by atoms with van der Waals surface area (Å²) in [5.74, 6) is 3.10. The van der Waals surface area contributed by atoms with Gasteiger partial charge in [-0.3, -0.25) is 4.79 Å². The Bertz CT molecular complexity index is 1080. The highest BCUT2D eigenvalue weighted by Gasteiger charge is 2.30. The normalized spacial score (nSPS) is 17.5. The van der Waals surface area contributed by atoms with Crippen molar-refractivity contribution < 1.29 is 19.0 Å². The third kappa shape index (κ3) is 3.96. The third-order valence-electron chi connectivity index (χ3n) is 5.89. The van der Waals surface area contributed by atoms with Gasteiger partial charge in [0.05, 0.1) is 19.3 Å². The molecule has 31 heavy (non-hydrogen) atoms. The summed E-state index contributed by atoms with van der Waals surface area (Å²) in [6, 6.07) is 21.1. The van der Waals surface area contributed by atoms with Gasteiger partial charge in [0, 0.05) is 18.5 Å². The van der Waals surface area contributed by atoms with E-state index >= 15 is 0 Å². The van der Waals surface area contributed by atoms with Crippen LogP contribution in [0, 0.1) is 0 Å². The van der Waals surface area contributed by atoms with Crippen molar-refractivity contribution in [3.05, 3.63) is 83.4 Å². The van der Waals surface area contributed by atoms with Gasteiger partial charge in [0.1, 0.15) is 11.5 Å². The van der Waals surface area contributed by atoms with E-state index in [2.05, 4.69) is 19.1 Å². The molecule has 2 heterocycles. The zero-order chi connectivity index (χ0) is 21.2. The summed E-state index contributed by atoms with van der Waals surface area (Å²) < 4.78 is 17.5. The highest BCUT2D eigenvalue weighted by atomic mass is 16.5. The molecule has 0 saturated heterocycles. The topological polar surface area (TPSA) is 48.0 Å². The van der Waals surface area contributed by atoms with E-state index in [-0.39, 0.29) is 11.9 Å². The maximum Gasteiger partial charge on any atom is 0.254 e. The number of benzene rings is 3. The number of nitrogens with zero attached hydrogens (tertiary/aromatic N) is 1. The summed E-state index contributed by atoms with van der Waals surface area (Å²) >= 11 is 0. The fraction of sp³-hybridized carbons (Fsp3) is 0.269. The third-order valence-corrected chi connectivity index (χ3v) is 5.89. The van der Waals surface area contributed by atoms with Crippen LogP contribution in [0.25, 0.3) is 0 Å². The second kappa shape index (κ2) is 8.34. The van der Waals surface area contributed by atoms with Gasteiger partial charge in [-0.25, -0.2) is 0 Å². The van der Waals surface area contributed by atoms with E-state index < -0.39 is 0 Å². The molecule has 0 radical (unpaired) electrons. The predicted molar refractivity (Wildman–Crippen MR) is 118 cm³/mol. The summed E-state index contributed by atoms with van der Waals surface area (Å²) in [4.78, 5) is 15.2. The molecule has 0 N–H and O–H groups in total. The quantitative estimate of drug-likeness (QED) is 0.575. The zero-order valence-corrected chi connectivity index (χ0v) is 17.5. The van der Waals surface area contributed by atoms with E-state index in [1.165, 1.54) is 5.56 Å². The highest BCUT2D eigenvalue weighted by molar-refractivity contribution is 5.94. The number of fused-ring (bicyclic) bond motifs is 2. The first-order valence-corrected chi connectivity index (χ1v) is 10.8. The molecule has 2 aliphatic rings. The first kappa shape index (κ1) is 19.5. The minimum absolute atomic E-state index is 0.0246. The van der Waals surface area contributed by atoms with Crippen molar-refractivity contribution in [3.8, 4) is 23.0 Å². The largest absolute Gasteiger partial charge is 0.490 e. The van der Waals surface area contributed by atoms with Crippen molar-refractivity contribution in [2.75, 3.05) is 19.8 Å². The summed E-state index contributed by atoms with van der Waals surface area (Å²) in [5, 5.41) is 0. The summed E-state index contributed by atoms with van der Waals surface area (Å²) in [6.07, 6.45) is 1.68. The fourth-order valence-electron chi connectivity index (χ4n) is 4.21. The summed E-state index contributed by atoms with van der Waals surface area (Å²) in [6.45, 7) is 4.08. The molecule has 1 atom stereocenters. The van der Waals surface area contributed by atoms with Crippen LogP contribution < -0.4 is 14.2 Å². The van der Waals surface area contributed by atoms with Crippen LogP contribution in [0.1, 0.15) is 40.9 Å². The molecular formula is C26H25NO4. The highest BCUT2D eigenvalue weighted by Crippen LogP contribution is 2.39. The minimum Gasteiger partial charge on any atom is -0.490 e. The van der Waals surface area contributed by atoms with Crippen molar-refractivity contribution in [1.82, 2.24) is 4.90 Å². The molecule has 0 aromatic heterocycles. The van der Waals surface area contributed by atoms with Gasteiger partial charge < -0.3 is 19.1 Å². The first-order valence-electron chi connectivity index (χ1n) is 10.8. The summed E-state index contributed by atoms with van der Waals surface area (Å²) in [7, 11) is 0. The number of carbonyl (C=O) groups is 1. The van der Waals surface area contributed by atoms with Gasteiger partial charge in [-0.05, 0) is 73.0 Å². The average molecular weight is 415 g/mol. The van der Waals surface area contributed by atoms with E-state index in [0.29, 0.717) is 31.1 Å². The van der Waals surface area contributed by atoms with Gasteiger partial charge in [0.25, 0.3) is 5.91 Å². The molecule has 5 nitrogen and oxygen atoms in total. The molecule has 0 fully saturated rings. The number of ether oxygens (including phenoxy) is 3. The lowest BCUT2D eigenvalue weighted by Gasteiger charge is -2.36. The van der Waals surface area contributed by atoms with Crippen molar-refractivity contribution in [1.29, 1.82) is 0 Å². The van der Waals surface area contributed by atoms with Crippen molar-refractivity contribution in [3.63, 3.8) is 0 Å². The van der Waals surface area contributed by atoms with E-state index in [1.807, 2.05) is 59.5 Å². The molecule has 0 saturated carbocycles. The van der Waals surface area contributed by atoms with Crippen LogP contribution >= 0.6 is 0 Å². The SMILES string of the molecule is CC1c2cc3c(cc2CCN1C(=O)c1ccc(Oc2ccccc2)cc1)OCCCO3. The summed E-state index contributed by atoms with van der Waals surface area (Å²) in [5.41, 5.74) is 3.02. The lowest BCUT2D eigenvalue weighted by atomic mass is 9.92. The molecule has 3 aromatic rings. The molecule has 5 heteroatoms. The van der Waals surface area contributed by atoms with Crippen LogP contribution in [0.5, 0.6) is 23.0 Å². The van der Waals surface area contributed by atoms with Crippen LogP contribution in [0.3, 0.4) is 0 Å². The second-order valence-electron chi connectivity index (χ2n) is 7.91. The number of hydrogen-bond acceptors (Lipinski definition) is 4.